The Morgan fingerprint density at radius 3 is 2.20 bits per heavy atom. The Morgan fingerprint density at radius 2 is 1.31 bits per heavy atom. The van der Waals surface area contributed by atoms with Crippen LogP contribution < -0.4 is 5.56 Å². The number of aromatic nitrogens is 6. The largest absolute Gasteiger partial charge is 0.456 e. The summed E-state index contributed by atoms with van der Waals surface area (Å²) in [6, 6.07) is 49.9. The highest BCUT2D eigenvalue weighted by molar-refractivity contribution is 6.16. The van der Waals surface area contributed by atoms with Gasteiger partial charge in [0.2, 0.25) is 11.7 Å². The number of carbonyl (C=O) groups is 1. The molecule has 0 spiro atoms. The van der Waals surface area contributed by atoms with E-state index in [0.717, 1.165) is 83.6 Å². The maximum Gasteiger partial charge on any atom is 0.266 e. The molecule has 9 heteroatoms. The van der Waals surface area contributed by atoms with Gasteiger partial charge >= 0.3 is 0 Å². The Kier molecular flexibility index (Phi) is 7.75. The zero-order chi connectivity index (χ0) is 42.6. The lowest BCUT2D eigenvalue weighted by atomic mass is 9.93. The molecule has 0 saturated carbocycles. The summed E-state index contributed by atoms with van der Waals surface area (Å²) >= 11 is 0. The number of nitrogens with zero attached hydrogens (tertiary/aromatic N) is 6. The van der Waals surface area contributed by atoms with E-state index in [-0.39, 0.29) is 23.1 Å². The van der Waals surface area contributed by atoms with Crippen LogP contribution in [0.25, 0.3) is 105 Å². The summed E-state index contributed by atoms with van der Waals surface area (Å²) < 4.78 is 9.72. The summed E-state index contributed by atoms with van der Waals surface area (Å²) in [4.78, 5) is 48.6. The fourth-order valence-corrected chi connectivity index (χ4v) is 9.68. The van der Waals surface area contributed by atoms with Gasteiger partial charge in [-0.2, -0.15) is 9.97 Å². The lowest BCUT2D eigenvalue weighted by Gasteiger charge is -2.17. The van der Waals surface area contributed by atoms with Crippen molar-refractivity contribution in [1.82, 2.24) is 29.1 Å². The highest BCUT2D eigenvalue weighted by Crippen LogP contribution is 2.40. The van der Waals surface area contributed by atoms with Crippen molar-refractivity contribution in [3.63, 3.8) is 0 Å². The van der Waals surface area contributed by atoms with Crippen LogP contribution in [0.5, 0.6) is 0 Å². The molecule has 13 rings (SSSR count). The third-order valence-electron chi connectivity index (χ3n) is 12.8. The summed E-state index contributed by atoms with van der Waals surface area (Å²) in [5, 5.41) is 4.48. The van der Waals surface area contributed by atoms with E-state index < -0.39 is 0 Å². The third-order valence-corrected chi connectivity index (χ3v) is 12.8. The molecule has 0 bridgehead atoms. The number of benzene rings is 7. The lowest BCUT2D eigenvalue weighted by molar-refractivity contribution is 0.103. The quantitative estimate of drug-likeness (QED) is 0.170. The number of carbonyl (C=O) groups excluding carboxylic acids is 1. The Morgan fingerprint density at radius 1 is 0.562 bits per heavy atom. The van der Waals surface area contributed by atoms with Crippen molar-refractivity contribution >= 4 is 66.0 Å². The molecule has 1 unspecified atom stereocenters. The van der Waals surface area contributed by atoms with Gasteiger partial charge in [-0.25, -0.2) is 9.97 Å². The van der Waals surface area contributed by atoms with Crippen LogP contribution in [0, 0.1) is 5.92 Å². The number of hydrogen-bond acceptors (Lipinski definition) is 7. The van der Waals surface area contributed by atoms with Gasteiger partial charge in [0.05, 0.1) is 33.2 Å². The Hall–Kier alpha value is -8.56. The van der Waals surface area contributed by atoms with Gasteiger partial charge in [0.1, 0.15) is 11.2 Å². The maximum atomic E-state index is 14.3. The number of hydrogen-bond donors (Lipinski definition) is 0. The van der Waals surface area contributed by atoms with Crippen LogP contribution in [0.4, 0.5) is 0 Å². The number of para-hydroxylation sites is 2. The fourth-order valence-electron chi connectivity index (χ4n) is 9.68. The van der Waals surface area contributed by atoms with E-state index >= 15 is 0 Å². The summed E-state index contributed by atoms with van der Waals surface area (Å²) in [5.41, 5.74) is 10.2. The van der Waals surface area contributed by atoms with E-state index in [9.17, 15) is 9.59 Å². The zero-order valence-corrected chi connectivity index (χ0v) is 34.4. The number of allylic oxidation sites excluding steroid dienone is 4. The van der Waals surface area contributed by atoms with Gasteiger partial charge in [-0.05, 0) is 89.2 Å². The molecular formula is C55H34N6O3. The van der Waals surface area contributed by atoms with Crippen LogP contribution in [0.2, 0.25) is 0 Å². The lowest BCUT2D eigenvalue weighted by Crippen LogP contribution is -2.21. The molecule has 0 fully saturated rings. The summed E-state index contributed by atoms with van der Waals surface area (Å²) in [6.07, 6.45) is 7.28. The average Bonchev–Trinajstić information content (AvgIpc) is 3.98. The predicted molar refractivity (Wildman–Crippen MR) is 253 cm³/mol. The first-order valence-corrected chi connectivity index (χ1v) is 21.4. The molecule has 0 N–H and O–H groups in total. The highest BCUT2D eigenvalue weighted by Gasteiger charge is 2.31. The van der Waals surface area contributed by atoms with Crippen molar-refractivity contribution < 1.29 is 9.21 Å². The Balaban J connectivity index is 0.912. The van der Waals surface area contributed by atoms with Crippen molar-refractivity contribution in [2.45, 2.75) is 13.3 Å². The molecule has 4 aromatic heterocycles. The average molecular weight is 827 g/mol. The number of furan rings is 1. The SMILES string of the molecule is CC1CC=CC=C1c1nc(-c2ccccc2)nc(-n2c3ccccc3c3cc(-c4ccc5c(=O)n6c(nc5c4)C(=O)c4cc(-c5cccc7oc8ccccc8c57)ccc4-6)ccc32)n1. The molecule has 9 nitrogen and oxygen atoms in total. The molecule has 302 valence electrons. The summed E-state index contributed by atoms with van der Waals surface area (Å²) in [6.45, 7) is 2.20. The minimum Gasteiger partial charge on any atom is -0.456 e. The van der Waals surface area contributed by atoms with E-state index in [1.54, 1.807) is 0 Å². The van der Waals surface area contributed by atoms with Crippen molar-refractivity contribution in [3.8, 4) is 45.3 Å². The van der Waals surface area contributed by atoms with Crippen LogP contribution in [-0.4, -0.2) is 34.9 Å². The van der Waals surface area contributed by atoms with Crippen molar-refractivity contribution in [2.24, 2.45) is 5.92 Å². The van der Waals surface area contributed by atoms with Gasteiger partial charge in [0, 0.05) is 32.7 Å². The van der Waals surface area contributed by atoms with E-state index in [2.05, 4.69) is 60.1 Å². The van der Waals surface area contributed by atoms with Gasteiger partial charge in [0.25, 0.3) is 5.56 Å². The van der Waals surface area contributed by atoms with Crippen molar-refractivity contribution in [3.05, 3.63) is 197 Å². The number of rotatable bonds is 5. The van der Waals surface area contributed by atoms with Crippen LogP contribution in [0.3, 0.4) is 0 Å². The van der Waals surface area contributed by atoms with E-state index in [1.807, 2.05) is 121 Å². The first-order chi connectivity index (χ1) is 31.5. The van der Waals surface area contributed by atoms with Crippen molar-refractivity contribution in [1.29, 1.82) is 0 Å². The van der Waals surface area contributed by atoms with Gasteiger partial charge in [-0.15, -0.1) is 0 Å². The normalized spacial score (nSPS) is 14.5. The number of ketones is 1. The van der Waals surface area contributed by atoms with E-state index in [1.165, 1.54) is 4.57 Å². The monoisotopic (exact) mass is 826 g/mol. The first kappa shape index (κ1) is 36.1. The third kappa shape index (κ3) is 5.37. The molecule has 0 radical (unpaired) electrons. The smallest absolute Gasteiger partial charge is 0.266 e. The van der Waals surface area contributed by atoms with Crippen LogP contribution in [0.1, 0.15) is 35.4 Å². The highest BCUT2D eigenvalue weighted by atomic mass is 16.3. The second kappa shape index (κ2) is 13.7. The minimum absolute atomic E-state index is 0.105. The molecule has 64 heavy (non-hydrogen) atoms. The molecule has 1 aliphatic heterocycles. The molecule has 0 amide bonds. The minimum atomic E-state index is -0.290. The van der Waals surface area contributed by atoms with Gasteiger partial charge in [-0.1, -0.05) is 122 Å². The molecule has 1 aliphatic carbocycles. The molecule has 1 atom stereocenters. The van der Waals surface area contributed by atoms with E-state index in [4.69, 9.17) is 24.4 Å². The van der Waals surface area contributed by atoms with Gasteiger partial charge in [-0.3, -0.25) is 18.7 Å². The van der Waals surface area contributed by atoms with Crippen LogP contribution >= 0.6 is 0 Å². The zero-order valence-electron chi connectivity index (χ0n) is 34.4. The summed E-state index contributed by atoms with van der Waals surface area (Å²) in [7, 11) is 0. The molecule has 11 aromatic rings. The van der Waals surface area contributed by atoms with E-state index in [0.29, 0.717) is 39.8 Å². The first-order valence-electron chi connectivity index (χ1n) is 21.4. The van der Waals surface area contributed by atoms with Crippen LogP contribution in [-0.2, 0) is 0 Å². The second-order valence-electron chi connectivity index (χ2n) is 16.6. The van der Waals surface area contributed by atoms with Gasteiger partial charge < -0.3 is 4.42 Å². The maximum absolute atomic E-state index is 14.3. The molecule has 0 saturated heterocycles. The van der Waals surface area contributed by atoms with Gasteiger partial charge in [0.15, 0.2) is 17.5 Å². The summed E-state index contributed by atoms with van der Waals surface area (Å²) in [5.74, 6) is 1.89. The molecular weight excluding hydrogens is 793 g/mol. The predicted octanol–water partition coefficient (Wildman–Crippen LogP) is 12.1. The fraction of sp³-hybridized carbons (Fsp3) is 0.0545. The van der Waals surface area contributed by atoms with Crippen LogP contribution in [0.15, 0.2) is 179 Å². The standard InChI is InChI=1S/C55H34N6O3/c1-31-12-5-6-15-36(31)52-57-51(32-13-3-2-4-14-32)58-55(59-52)60-44-19-9-7-16-38(44)41-28-33(23-26-45(41)60)34-22-25-39-43(30-34)56-53-50(62)42-29-35(24-27-46(42)61(53)54(39)63)37-18-11-21-48-49(37)40-17-8-10-20-47(40)64-48/h2-11,13-31H,12H2,1H3. The topological polar surface area (TPSA) is 109 Å². The number of fused-ring (bicyclic) bond motifs is 10. The Labute approximate surface area is 364 Å². The van der Waals surface area contributed by atoms with Crippen molar-refractivity contribution in [2.75, 3.05) is 0 Å². The molecule has 5 heterocycles. The molecule has 7 aromatic carbocycles. The Bertz CT molecular complexity index is 3950. The second-order valence-corrected chi connectivity index (χ2v) is 16.6. The molecule has 2 aliphatic rings.